The van der Waals surface area contributed by atoms with Gasteiger partial charge in [0, 0.05) is 39.6 Å². The van der Waals surface area contributed by atoms with Gasteiger partial charge < -0.3 is 15.1 Å². The van der Waals surface area contributed by atoms with Gasteiger partial charge in [0.25, 0.3) is 0 Å². The SMILES string of the molecule is CCCCN(C)C(=NCc1cccc(CN2CCCC2=O)c1)NCC. The maximum absolute atomic E-state index is 11.8. The summed E-state index contributed by atoms with van der Waals surface area (Å²) in [6, 6.07) is 8.44. The number of aliphatic imine (C=N–C) groups is 1. The first-order valence-corrected chi connectivity index (χ1v) is 9.49. The molecule has 1 aliphatic rings. The Morgan fingerprint density at radius 2 is 2.12 bits per heavy atom. The minimum Gasteiger partial charge on any atom is -0.357 e. The van der Waals surface area contributed by atoms with E-state index in [9.17, 15) is 4.79 Å². The summed E-state index contributed by atoms with van der Waals surface area (Å²) in [5, 5.41) is 3.36. The lowest BCUT2D eigenvalue weighted by Gasteiger charge is -2.21. The zero-order chi connectivity index (χ0) is 18.1. The van der Waals surface area contributed by atoms with Crippen LogP contribution in [0, 0.1) is 0 Å². The standard InChI is InChI=1S/C20H32N4O/c1-4-6-12-23(3)20(21-5-2)22-15-17-9-7-10-18(14-17)16-24-13-8-11-19(24)25/h7,9-10,14H,4-6,8,11-13,15-16H2,1-3H3,(H,21,22). The fourth-order valence-electron chi connectivity index (χ4n) is 3.05. The third-order valence-corrected chi connectivity index (χ3v) is 4.49. The van der Waals surface area contributed by atoms with Gasteiger partial charge in [-0.15, -0.1) is 0 Å². The van der Waals surface area contributed by atoms with Crippen LogP contribution in [0.1, 0.15) is 50.7 Å². The molecule has 25 heavy (non-hydrogen) atoms. The number of rotatable bonds is 8. The number of nitrogens with zero attached hydrogens (tertiary/aromatic N) is 3. The van der Waals surface area contributed by atoms with Crippen LogP contribution in [-0.4, -0.2) is 48.3 Å². The number of unbranched alkanes of at least 4 members (excludes halogenated alkanes) is 1. The van der Waals surface area contributed by atoms with E-state index in [0.29, 0.717) is 19.5 Å². The fraction of sp³-hybridized carbons (Fsp3) is 0.600. The van der Waals surface area contributed by atoms with Gasteiger partial charge in [-0.25, -0.2) is 4.99 Å². The molecule has 1 amide bonds. The molecular formula is C20H32N4O. The fourth-order valence-corrected chi connectivity index (χ4v) is 3.05. The van der Waals surface area contributed by atoms with Crippen molar-refractivity contribution in [2.45, 2.75) is 52.6 Å². The summed E-state index contributed by atoms with van der Waals surface area (Å²) in [5.41, 5.74) is 2.37. The Balaban J connectivity index is 1.99. The number of amides is 1. The lowest BCUT2D eigenvalue weighted by molar-refractivity contribution is -0.128. The van der Waals surface area contributed by atoms with Crippen molar-refractivity contribution in [3.8, 4) is 0 Å². The third kappa shape index (κ3) is 6.07. The smallest absolute Gasteiger partial charge is 0.222 e. The molecule has 2 rings (SSSR count). The zero-order valence-corrected chi connectivity index (χ0v) is 15.9. The van der Waals surface area contributed by atoms with Crippen molar-refractivity contribution >= 4 is 11.9 Å². The van der Waals surface area contributed by atoms with Crippen LogP contribution in [-0.2, 0) is 17.9 Å². The van der Waals surface area contributed by atoms with E-state index in [1.54, 1.807) is 0 Å². The van der Waals surface area contributed by atoms with Crippen molar-refractivity contribution in [2.24, 2.45) is 4.99 Å². The summed E-state index contributed by atoms with van der Waals surface area (Å²) in [4.78, 5) is 20.7. The first-order chi connectivity index (χ1) is 12.1. The first-order valence-electron chi connectivity index (χ1n) is 9.49. The second-order valence-corrected chi connectivity index (χ2v) is 6.68. The van der Waals surface area contributed by atoms with Crippen molar-refractivity contribution in [1.82, 2.24) is 15.1 Å². The average Bonchev–Trinajstić information content (AvgIpc) is 3.01. The highest BCUT2D eigenvalue weighted by molar-refractivity contribution is 5.79. The lowest BCUT2D eigenvalue weighted by Crippen LogP contribution is -2.39. The minimum atomic E-state index is 0.274. The van der Waals surface area contributed by atoms with Gasteiger partial charge in [0.1, 0.15) is 0 Å². The molecule has 0 saturated carbocycles. The molecule has 0 unspecified atom stereocenters. The highest BCUT2D eigenvalue weighted by Crippen LogP contribution is 2.15. The Bertz CT molecular complexity index is 585. The highest BCUT2D eigenvalue weighted by atomic mass is 16.2. The molecule has 5 heteroatoms. The number of guanidine groups is 1. The summed E-state index contributed by atoms with van der Waals surface area (Å²) < 4.78 is 0. The van der Waals surface area contributed by atoms with Crippen LogP contribution in [0.15, 0.2) is 29.3 Å². The van der Waals surface area contributed by atoms with E-state index in [2.05, 4.69) is 55.4 Å². The Kier molecular flexibility index (Phi) is 7.76. The molecule has 0 aromatic heterocycles. The van der Waals surface area contributed by atoms with Crippen LogP contribution in [0.5, 0.6) is 0 Å². The summed E-state index contributed by atoms with van der Waals surface area (Å²) in [7, 11) is 2.09. The van der Waals surface area contributed by atoms with Crippen LogP contribution in [0.4, 0.5) is 0 Å². The predicted molar refractivity (Wildman–Crippen MR) is 103 cm³/mol. The Morgan fingerprint density at radius 3 is 2.80 bits per heavy atom. The lowest BCUT2D eigenvalue weighted by atomic mass is 10.1. The molecule has 138 valence electrons. The molecule has 5 nitrogen and oxygen atoms in total. The number of likely N-dealkylation sites (tertiary alicyclic amines) is 1. The van der Waals surface area contributed by atoms with Crippen LogP contribution >= 0.6 is 0 Å². The van der Waals surface area contributed by atoms with Crippen LogP contribution in [0.25, 0.3) is 0 Å². The average molecular weight is 345 g/mol. The third-order valence-electron chi connectivity index (χ3n) is 4.49. The van der Waals surface area contributed by atoms with Crippen molar-refractivity contribution in [3.63, 3.8) is 0 Å². The van der Waals surface area contributed by atoms with Gasteiger partial charge in [0.15, 0.2) is 5.96 Å². The maximum atomic E-state index is 11.8. The van der Waals surface area contributed by atoms with E-state index in [1.807, 2.05) is 4.90 Å². The van der Waals surface area contributed by atoms with E-state index in [4.69, 9.17) is 4.99 Å². The van der Waals surface area contributed by atoms with E-state index in [1.165, 1.54) is 24.0 Å². The van der Waals surface area contributed by atoms with Gasteiger partial charge in [-0.1, -0.05) is 37.6 Å². The van der Waals surface area contributed by atoms with Crippen molar-refractivity contribution in [1.29, 1.82) is 0 Å². The molecule has 1 fully saturated rings. The number of carbonyl (C=O) groups is 1. The van der Waals surface area contributed by atoms with Gasteiger partial charge >= 0.3 is 0 Å². The molecule has 0 radical (unpaired) electrons. The molecule has 1 heterocycles. The van der Waals surface area contributed by atoms with E-state index in [-0.39, 0.29) is 5.91 Å². The number of nitrogens with one attached hydrogen (secondary N) is 1. The Hall–Kier alpha value is -2.04. The number of benzene rings is 1. The van der Waals surface area contributed by atoms with E-state index >= 15 is 0 Å². The number of hydrogen-bond acceptors (Lipinski definition) is 2. The van der Waals surface area contributed by atoms with E-state index in [0.717, 1.165) is 32.0 Å². The Morgan fingerprint density at radius 1 is 1.32 bits per heavy atom. The van der Waals surface area contributed by atoms with Gasteiger partial charge in [-0.2, -0.15) is 0 Å². The van der Waals surface area contributed by atoms with Gasteiger partial charge in [-0.3, -0.25) is 4.79 Å². The Labute approximate surface area is 152 Å². The minimum absolute atomic E-state index is 0.274. The maximum Gasteiger partial charge on any atom is 0.222 e. The molecule has 1 aliphatic heterocycles. The van der Waals surface area contributed by atoms with Crippen LogP contribution < -0.4 is 5.32 Å². The number of hydrogen-bond donors (Lipinski definition) is 1. The molecule has 0 aliphatic carbocycles. The van der Waals surface area contributed by atoms with Crippen LogP contribution in [0.3, 0.4) is 0 Å². The molecule has 0 bridgehead atoms. The second-order valence-electron chi connectivity index (χ2n) is 6.68. The molecule has 1 aromatic carbocycles. The monoisotopic (exact) mass is 344 g/mol. The van der Waals surface area contributed by atoms with Crippen molar-refractivity contribution < 1.29 is 4.79 Å². The first kappa shape index (κ1) is 19.3. The predicted octanol–water partition coefficient (Wildman–Crippen LogP) is 3.01. The molecular weight excluding hydrogens is 312 g/mol. The van der Waals surface area contributed by atoms with Gasteiger partial charge in [-0.05, 0) is 30.9 Å². The topological polar surface area (TPSA) is 47.9 Å². The van der Waals surface area contributed by atoms with Gasteiger partial charge in [0.05, 0.1) is 6.54 Å². The van der Waals surface area contributed by atoms with Gasteiger partial charge in [0.2, 0.25) is 5.91 Å². The molecule has 1 aromatic rings. The highest BCUT2D eigenvalue weighted by Gasteiger charge is 2.19. The molecule has 0 atom stereocenters. The second kappa shape index (κ2) is 10.1. The van der Waals surface area contributed by atoms with Crippen molar-refractivity contribution in [3.05, 3.63) is 35.4 Å². The van der Waals surface area contributed by atoms with Crippen molar-refractivity contribution in [2.75, 3.05) is 26.7 Å². The molecule has 1 saturated heterocycles. The summed E-state index contributed by atoms with van der Waals surface area (Å²) >= 11 is 0. The normalized spacial score (nSPS) is 14.9. The van der Waals surface area contributed by atoms with Crippen LogP contribution in [0.2, 0.25) is 0 Å². The van der Waals surface area contributed by atoms with E-state index < -0.39 is 0 Å². The molecule has 0 spiro atoms. The number of carbonyl (C=O) groups excluding carboxylic acids is 1. The summed E-state index contributed by atoms with van der Waals surface area (Å²) in [6.07, 6.45) is 4.03. The zero-order valence-electron chi connectivity index (χ0n) is 15.9. The largest absolute Gasteiger partial charge is 0.357 e. The summed E-state index contributed by atoms with van der Waals surface area (Å²) in [6.45, 7) is 8.43. The summed E-state index contributed by atoms with van der Waals surface area (Å²) in [5.74, 6) is 1.23. The molecule has 1 N–H and O–H groups in total. The quantitative estimate of drug-likeness (QED) is 0.582.